The Bertz CT molecular complexity index is 447. The first-order chi connectivity index (χ1) is 8.29. The predicted octanol–water partition coefficient (Wildman–Crippen LogP) is 1.73. The molecule has 0 spiro atoms. The summed E-state index contributed by atoms with van der Waals surface area (Å²) in [4.78, 5) is 3.92. The first kappa shape index (κ1) is 11.9. The fourth-order valence-corrected chi connectivity index (χ4v) is 1.71. The van der Waals surface area contributed by atoms with E-state index in [1.165, 1.54) is 0 Å². The van der Waals surface area contributed by atoms with Crippen molar-refractivity contribution in [1.29, 1.82) is 0 Å². The molecule has 0 aliphatic rings. The molecule has 2 aromatic rings. The molecule has 0 aromatic carbocycles. The highest BCUT2D eigenvalue weighted by molar-refractivity contribution is 5.20. The van der Waals surface area contributed by atoms with Crippen molar-refractivity contribution in [3.05, 3.63) is 35.8 Å². The van der Waals surface area contributed by atoms with Gasteiger partial charge in [0.05, 0.1) is 13.1 Å². The van der Waals surface area contributed by atoms with E-state index in [9.17, 15) is 0 Å². The minimum Gasteiger partial charge on any atom is -0.465 e. The Morgan fingerprint density at radius 3 is 3.06 bits per heavy atom. The summed E-state index contributed by atoms with van der Waals surface area (Å²) in [6.45, 7) is 6.64. The molecule has 5 nitrogen and oxygen atoms in total. The maximum absolute atomic E-state index is 5.69. The number of nitrogens with one attached hydrogen (secondary N) is 1. The third-order valence-electron chi connectivity index (χ3n) is 2.60. The van der Waals surface area contributed by atoms with E-state index in [4.69, 9.17) is 4.42 Å². The summed E-state index contributed by atoms with van der Waals surface area (Å²) in [5.74, 6) is 1.93. The monoisotopic (exact) mass is 234 g/mol. The van der Waals surface area contributed by atoms with Crippen LogP contribution in [0.15, 0.2) is 23.1 Å². The van der Waals surface area contributed by atoms with Crippen molar-refractivity contribution in [1.82, 2.24) is 20.1 Å². The molecule has 2 rings (SSSR count). The second kappa shape index (κ2) is 5.63. The molecule has 2 heterocycles. The molecule has 0 radical (unpaired) electrons. The number of nitrogens with zero attached hydrogens (tertiary/aromatic N) is 3. The Morgan fingerprint density at radius 1 is 1.47 bits per heavy atom. The van der Waals surface area contributed by atoms with E-state index < -0.39 is 0 Å². The second-order valence-corrected chi connectivity index (χ2v) is 4.06. The highest BCUT2D eigenvalue weighted by Crippen LogP contribution is 2.15. The van der Waals surface area contributed by atoms with E-state index in [-0.39, 0.29) is 0 Å². The molecule has 0 saturated heterocycles. The van der Waals surface area contributed by atoms with Crippen LogP contribution in [0.25, 0.3) is 0 Å². The fraction of sp³-hybridized carbons (Fsp3) is 0.500. The topological polar surface area (TPSA) is 55.9 Å². The Morgan fingerprint density at radius 2 is 2.35 bits per heavy atom. The third-order valence-corrected chi connectivity index (χ3v) is 2.60. The van der Waals surface area contributed by atoms with Crippen molar-refractivity contribution in [3.8, 4) is 0 Å². The van der Waals surface area contributed by atoms with Crippen LogP contribution >= 0.6 is 0 Å². The smallest absolute Gasteiger partial charge is 0.137 e. The van der Waals surface area contributed by atoms with Crippen molar-refractivity contribution >= 4 is 0 Å². The van der Waals surface area contributed by atoms with Gasteiger partial charge in [0.2, 0.25) is 0 Å². The Balaban J connectivity index is 1.98. The zero-order valence-electron chi connectivity index (χ0n) is 10.3. The van der Waals surface area contributed by atoms with Crippen LogP contribution in [0.2, 0.25) is 0 Å². The van der Waals surface area contributed by atoms with Gasteiger partial charge >= 0.3 is 0 Å². The van der Waals surface area contributed by atoms with E-state index in [2.05, 4.69) is 28.4 Å². The first-order valence-electron chi connectivity index (χ1n) is 5.91. The fourth-order valence-electron chi connectivity index (χ4n) is 1.71. The highest BCUT2D eigenvalue weighted by atomic mass is 16.3. The molecule has 0 aliphatic carbocycles. The lowest BCUT2D eigenvalue weighted by Crippen LogP contribution is -2.13. The molecule has 0 bridgehead atoms. The lowest BCUT2D eigenvalue weighted by Gasteiger charge is -1.97. The summed E-state index contributed by atoms with van der Waals surface area (Å²) in [7, 11) is 0. The van der Waals surface area contributed by atoms with Crippen LogP contribution in [-0.4, -0.2) is 21.3 Å². The van der Waals surface area contributed by atoms with Gasteiger partial charge in [0, 0.05) is 5.56 Å². The van der Waals surface area contributed by atoms with Crippen LogP contribution in [0.4, 0.5) is 0 Å². The zero-order chi connectivity index (χ0) is 12.1. The Labute approximate surface area is 101 Å². The summed E-state index contributed by atoms with van der Waals surface area (Å²) in [6.07, 6.45) is 4.38. The molecular weight excluding hydrogens is 216 g/mol. The zero-order valence-corrected chi connectivity index (χ0v) is 10.3. The Hall–Kier alpha value is -1.62. The van der Waals surface area contributed by atoms with E-state index in [1.807, 2.05) is 6.92 Å². The Kier molecular flexibility index (Phi) is 3.93. The number of furan rings is 1. The molecule has 0 saturated carbocycles. The van der Waals surface area contributed by atoms with Crippen molar-refractivity contribution < 1.29 is 4.42 Å². The van der Waals surface area contributed by atoms with Crippen LogP contribution in [0, 0.1) is 6.92 Å². The number of hydrogen-bond acceptors (Lipinski definition) is 4. The van der Waals surface area contributed by atoms with Crippen LogP contribution in [-0.2, 0) is 13.1 Å². The molecule has 0 fully saturated rings. The van der Waals surface area contributed by atoms with Crippen LogP contribution in [0.3, 0.4) is 0 Å². The van der Waals surface area contributed by atoms with Crippen LogP contribution in [0.1, 0.15) is 30.4 Å². The summed E-state index contributed by atoms with van der Waals surface area (Å²) in [5.41, 5.74) is 1.16. The van der Waals surface area contributed by atoms with Gasteiger partial charge < -0.3 is 9.73 Å². The van der Waals surface area contributed by atoms with E-state index in [0.717, 1.165) is 36.6 Å². The van der Waals surface area contributed by atoms with Gasteiger partial charge in [-0.2, -0.15) is 5.10 Å². The summed E-state index contributed by atoms with van der Waals surface area (Å²) in [6, 6.07) is 2.08. The number of aromatic nitrogens is 3. The molecule has 92 valence electrons. The van der Waals surface area contributed by atoms with Crippen LogP contribution in [0.5, 0.6) is 0 Å². The van der Waals surface area contributed by atoms with Gasteiger partial charge in [-0.05, 0) is 26.0 Å². The quantitative estimate of drug-likeness (QED) is 0.773. The van der Waals surface area contributed by atoms with Gasteiger partial charge in [-0.1, -0.05) is 6.92 Å². The standard InChI is InChI=1S/C12H18N4O/c1-3-4-13-6-12-5-11(10(2)17-12)7-16-9-14-8-15-16/h5,8-9,13H,3-4,6-7H2,1-2H3. The second-order valence-electron chi connectivity index (χ2n) is 4.06. The molecule has 1 N–H and O–H groups in total. The van der Waals surface area contributed by atoms with Crippen molar-refractivity contribution in [2.24, 2.45) is 0 Å². The van der Waals surface area contributed by atoms with E-state index in [0.29, 0.717) is 6.54 Å². The number of hydrogen-bond donors (Lipinski definition) is 1. The van der Waals surface area contributed by atoms with Crippen molar-refractivity contribution in [2.75, 3.05) is 6.54 Å². The summed E-state index contributed by atoms with van der Waals surface area (Å²) in [5, 5.41) is 7.41. The van der Waals surface area contributed by atoms with E-state index >= 15 is 0 Å². The first-order valence-corrected chi connectivity index (χ1v) is 5.91. The maximum Gasteiger partial charge on any atom is 0.137 e. The molecule has 0 atom stereocenters. The van der Waals surface area contributed by atoms with E-state index in [1.54, 1.807) is 17.3 Å². The molecular formula is C12H18N4O. The molecule has 17 heavy (non-hydrogen) atoms. The third kappa shape index (κ3) is 3.17. The number of aryl methyl sites for hydroxylation is 1. The highest BCUT2D eigenvalue weighted by Gasteiger charge is 2.07. The van der Waals surface area contributed by atoms with Gasteiger partial charge in [0.15, 0.2) is 0 Å². The van der Waals surface area contributed by atoms with Gasteiger partial charge in [-0.15, -0.1) is 0 Å². The lowest BCUT2D eigenvalue weighted by molar-refractivity contribution is 0.459. The molecule has 0 aliphatic heterocycles. The van der Waals surface area contributed by atoms with Crippen molar-refractivity contribution in [2.45, 2.75) is 33.4 Å². The summed E-state index contributed by atoms with van der Waals surface area (Å²) < 4.78 is 7.48. The van der Waals surface area contributed by atoms with Gasteiger partial charge in [-0.3, -0.25) is 0 Å². The molecule has 0 unspecified atom stereocenters. The minimum absolute atomic E-state index is 0.711. The molecule has 2 aromatic heterocycles. The van der Waals surface area contributed by atoms with Gasteiger partial charge in [0.1, 0.15) is 24.2 Å². The normalized spacial score (nSPS) is 10.9. The average molecular weight is 234 g/mol. The number of rotatable bonds is 6. The van der Waals surface area contributed by atoms with Gasteiger partial charge in [-0.25, -0.2) is 9.67 Å². The average Bonchev–Trinajstić information content (AvgIpc) is 2.91. The maximum atomic E-state index is 5.69. The van der Waals surface area contributed by atoms with Crippen LogP contribution < -0.4 is 5.32 Å². The van der Waals surface area contributed by atoms with Gasteiger partial charge in [0.25, 0.3) is 0 Å². The summed E-state index contributed by atoms with van der Waals surface area (Å²) >= 11 is 0. The van der Waals surface area contributed by atoms with Crippen molar-refractivity contribution in [3.63, 3.8) is 0 Å². The minimum atomic E-state index is 0.711. The SMILES string of the molecule is CCCNCc1cc(Cn2cncn2)c(C)o1. The molecule has 5 heteroatoms. The largest absolute Gasteiger partial charge is 0.465 e. The lowest BCUT2D eigenvalue weighted by atomic mass is 10.2. The predicted molar refractivity (Wildman–Crippen MR) is 64.6 cm³/mol. The molecule has 0 amide bonds.